The van der Waals surface area contributed by atoms with Gasteiger partial charge in [-0.3, -0.25) is 4.79 Å². The molecular formula is C13H26N2O. The average molecular weight is 226 g/mol. The summed E-state index contributed by atoms with van der Waals surface area (Å²) in [7, 11) is 0. The van der Waals surface area contributed by atoms with E-state index in [1.165, 1.54) is 0 Å². The number of amides is 1. The Morgan fingerprint density at radius 3 is 2.38 bits per heavy atom. The number of nitrogens with one attached hydrogen (secondary N) is 1. The van der Waals surface area contributed by atoms with Crippen LogP contribution in [0.4, 0.5) is 0 Å². The van der Waals surface area contributed by atoms with Gasteiger partial charge in [-0.05, 0) is 12.8 Å². The molecular weight excluding hydrogens is 200 g/mol. The second-order valence-electron chi connectivity index (χ2n) is 6.32. The van der Waals surface area contributed by atoms with Crippen LogP contribution in [0, 0.1) is 11.3 Å². The first kappa shape index (κ1) is 13.5. The van der Waals surface area contributed by atoms with Gasteiger partial charge in [0.05, 0.1) is 0 Å². The van der Waals surface area contributed by atoms with Crippen LogP contribution in [0.25, 0.3) is 0 Å². The highest BCUT2D eigenvalue weighted by Crippen LogP contribution is 2.22. The molecule has 0 saturated carbocycles. The third kappa shape index (κ3) is 2.97. The number of carbonyl (C=O) groups excluding carboxylic acids is 1. The van der Waals surface area contributed by atoms with Crippen molar-refractivity contribution >= 4 is 5.91 Å². The third-order valence-electron chi connectivity index (χ3n) is 3.31. The summed E-state index contributed by atoms with van der Waals surface area (Å²) in [5.41, 5.74) is -0.271. The van der Waals surface area contributed by atoms with E-state index in [4.69, 9.17) is 0 Å². The van der Waals surface area contributed by atoms with Crippen LogP contribution >= 0.6 is 0 Å². The van der Waals surface area contributed by atoms with Gasteiger partial charge in [-0.2, -0.15) is 0 Å². The fraction of sp³-hybridized carbons (Fsp3) is 0.923. The van der Waals surface area contributed by atoms with E-state index in [-0.39, 0.29) is 11.3 Å². The minimum absolute atomic E-state index is 0.271. The van der Waals surface area contributed by atoms with Crippen molar-refractivity contribution in [1.29, 1.82) is 0 Å². The van der Waals surface area contributed by atoms with E-state index in [9.17, 15) is 4.79 Å². The molecule has 16 heavy (non-hydrogen) atoms. The molecule has 0 radical (unpaired) electrons. The van der Waals surface area contributed by atoms with E-state index in [0.29, 0.717) is 18.0 Å². The van der Waals surface area contributed by atoms with Crippen molar-refractivity contribution in [1.82, 2.24) is 10.2 Å². The Kier molecular flexibility index (Phi) is 4.00. The lowest BCUT2D eigenvalue weighted by Gasteiger charge is -2.42. The van der Waals surface area contributed by atoms with Gasteiger partial charge in [-0.1, -0.05) is 34.6 Å². The van der Waals surface area contributed by atoms with E-state index < -0.39 is 0 Å². The zero-order chi connectivity index (χ0) is 12.5. The normalized spacial score (nSPS) is 27.3. The van der Waals surface area contributed by atoms with Gasteiger partial charge in [-0.15, -0.1) is 0 Å². The smallest absolute Gasteiger partial charge is 0.228 e. The van der Waals surface area contributed by atoms with E-state index in [1.54, 1.807) is 0 Å². The Balaban J connectivity index is 2.74. The topological polar surface area (TPSA) is 32.3 Å². The largest absolute Gasteiger partial charge is 0.337 e. The predicted octanol–water partition coefficient (Wildman–Crippen LogP) is 1.88. The van der Waals surface area contributed by atoms with Crippen LogP contribution in [0.5, 0.6) is 0 Å². The van der Waals surface area contributed by atoms with Gasteiger partial charge in [0.15, 0.2) is 0 Å². The van der Waals surface area contributed by atoms with E-state index in [2.05, 4.69) is 26.1 Å². The summed E-state index contributed by atoms with van der Waals surface area (Å²) in [6, 6.07) is 0.740. The summed E-state index contributed by atoms with van der Waals surface area (Å²) < 4.78 is 0. The molecule has 1 amide bonds. The van der Waals surface area contributed by atoms with Gasteiger partial charge in [0.2, 0.25) is 5.91 Å². The maximum absolute atomic E-state index is 12.3. The lowest BCUT2D eigenvalue weighted by atomic mass is 9.91. The molecule has 0 aromatic rings. The molecule has 2 atom stereocenters. The summed E-state index contributed by atoms with van der Waals surface area (Å²) in [6.45, 7) is 14.3. The lowest BCUT2D eigenvalue weighted by molar-refractivity contribution is -0.143. The van der Waals surface area contributed by atoms with Crippen molar-refractivity contribution in [2.24, 2.45) is 11.3 Å². The summed E-state index contributed by atoms with van der Waals surface area (Å²) in [5.74, 6) is 0.843. The number of piperazine rings is 1. The van der Waals surface area contributed by atoms with Crippen LogP contribution in [-0.4, -0.2) is 36.0 Å². The van der Waals surface area contributed by atoms with E-state index >= 15 is 0 Å². The van der Waals surface area contributed by atoms with Gasteiger partial charge in [0.1, 0.15) is 0 Å². The molecule has 1 N–H and O–H groups in total. The lowest BCUT2D eigenvalue weighted by Crippen LogP contribution is -2.60. The maximum atomic E-state index is 12.3. The second-order valence-corrected chi connectivity index (χ2v) is 6.32. The van der Waals surface area contributed by atoms with Gasteiger partial charge in [0, 0.05) is 30.6 Å². The molecule has 1 rings (SSSR count). The SMILES string of the molecule is CC(C)C1CN(C(=O)C(C)(C)C)C(C)CN1. The zero-order valence-corrected chi connectivity index (χ0v) is 11.5. The van der Waals surface area contributed by atoms with Crippen LogP contribution < -0.4 is 5.32 Å². The predicted molar refractivity (Wildman–Crippen MR) is 67.3 cm³/mol. The molecule has 2 unspecified atom stereocenters. The van der Waals surface area contributed by atoms with Crippen molar-refractivity contribution in [3.05, 3.63) is 0 Å². The summed E-state index contributed by atoms with van der Waals surface area (Å²) >= 11 is 0. The fourth-order valence-corrected chi connectivity index (χ4v) is 2.05. The molecule has 0 aromatic carbocycles. The minimum Gasteiger partial charge on any atom is -0.337 e. The Morgan fingerprint density at radius 2 is 1.94 bits per heavy atom. The molecule has 1 fully saturated rings. The van der Waals surface area contributed by atoms with Crippen LogP contribution in [0.2, 0.25) is 0 Å². The molecule has 0 bridgehead atoms. The van der Waals surface area contributed by atoms with Crippen LogP contribution in [0.15, 0.2) is 0 Å². The summed E-state index contributed by atoms with van der Waals surface area (Å²) in [4.78, 5) is 14.3. The zero-order valence-electron chi connectivity index (χ0n) is 11.5. The number of carbonyl (C=O) groups is 1. The monoisotopic (exact) mass is 226 g/mol. The standard InChI is InChI=1S/C13H26N2O/c1-9(2)11-8-15(10(3)7-14-11)12(16)13(4,5)6/h9-11,14H,7-8H2,1-6H3. The van der Waals surface area contributed by atoms with Crippen molar-refractivity contribution in [3.8, 4) is 0 Å². The molecule has 1 aliphatic rings. The van der Waals surface area contributed by atoms with E-state index in [0.717, 1.165) is 13.1 Å². The average Bonchev–Trinajstić information content (AvgIpc) is 2.15. The first-order valence-electron chi connectivity index (χ1n) is 6.28. The van der Waals surface area contributed by atoms with Gasteiger partial charge >= 0.3 is 0 Å². The summed E-state index contributed by atoms with van der Waals surface area (Å²) in [5, 5.41) is 3.51. The highest BCUT2D eigenvalue weighted by atomic mass is 16.2. The molecule has 94 valence electrons. The molecule has 1 aliphatic heterocycles. The van der Waals surface area contributed by atoms with Crippen LogP contribution in [0.3, 0.4) is 0 Å². The summed E-state index contributed by atoms with van der Waals surface area (Å²) in [6.07, 6.45) is 0. The number of rotatable bonds is 1. The maximum Gasteiger partial charge on any atom is 0.228 e. The van der Waals surface area contributed by atoms with Gasteiger partial charge < -0.3 is 10.2 Å². The van der Waals surface area contributed by atoms with Crippen LogP contribution in [0.1, 0.15) is 41.5 Å². The molecule has 0 aliphatic carbocycles. The van der Waals surface area contributed by atoms with Crippen molar-refractivity contribution in [3.63, 3.8) is 0 Å². The first-order valence-corrected chi connectivity index (χ1v) is 6.28. The molecule has 3 heteroatoms. The highest BCUT2D eigenvalue weighted by Gasteiger charge is 2.35. The molecule has 0 spiro atoms. The first-order chi connectivity index (χ1) is 7.23. The van der Waals surface area contributed by atoms with Gasteiger partial charge in [-0.25, -0.2) is 0 Å². The van der Waals surface area contributed by atoms with Crippen molar-refractivity contribution < 1.29 is 4.79 Å². The van der Waals surface area contributed by atoms with Gasteiger partial charge in [0.25, 0.3) is 0 Å². The van der Waals surface area contributed by atoms with Crippen LogP contribution in [-0.2, 0) is 4.79 Å². The Labute approximate surface area is 99.6 Å². The third-order valence-corrected chi connectivity index (χ3v) is 3.31. The molecule has 1 heterocycles. The number of hydrogen-bond donors (Lipinski definition) is 1. The minimum atomic E-state index is -0.271. The fourth-order valence-electron chi connectivity index (χ4n) is 2.05. The Hall–Kier alpha value is -0.570. The Morgan fingerprint density at radius 1 is 1.38 bits per heavy atom. The number of nitrogens with zero attached hydrogens (tertiary/aromatic N) is 1. The Bertz CT molecular complexity index is 255. The molecule has 0 aromatic heterocycles. The second kappa shape index (κ2) is 4.74. The highest BCUT2D eigenvalue weighted by molar-refractivity contribution is 5.82. The quantitative estimate of drug-likeness (QED) is 0.740. The van der Waals surface area contributed by atoms with Crippen molar-refractivity contribution in [2.75, 3.05) is 13.1 Å². The van der Waals surface area contributed by atoms with E-state index in [1.807, 2.05) is 25.7 Å². The molecule has 1 saturated heterocycles. The number of hydrogen-bond acceptors (Lipinski definition) is 2. The van der Waals surface area contributed by atoms with Crippen molar-refractivity contribution in [2.45, 2.75) is 53.6 Å². The molecule has 3 nitrogen and oxygen atoms in total.